The van der Waals surface area contributed by atoms with Gasteiger partial charge in [-0.3, -0.25) is 9.38 Å². The van der Waals surface area contributed by atoms with Crippen molar-refractivity contribution in [2.75, 3.05) is 0 Å². The third-order valence-corrected chi connectivity index (χ3v) is 2.16. The minimum Gasteiger partial charge on any atom is -0.272 e. The largest absolute Gasteiger partial charge is 0.272 e. The molecule has 0 fully saturated rings. The van der Waals surface area contributed by atoms with Gasteiger partial charge >= 0.3 is 0 Å². The molecule has 0 N–H and O–H groups in total. The molecule has 0 aliphatic carbocycles. The van der Waals surface area contributed by atoms with Gasteiger partial charge in [0.15, 0.2) is 5.65 Å². The molecule has 0 atom stereocenters. The van der Waals surface area contributed by atoms with Crippen LogP contribution in [0.15, 0.2) is 43.2 Å². The van der Waals surface area contributed by atoms with E-state index in [0.717, 1.165) is 16.9 Å². The number of rotatable bonds is 1. The Labute approximate surface area is 85.5 Å². The zero-order valence-corrected chi connectivity index (χ0v) is 7.78. The third-order valence-electron chi connectivity index (χ3n) is 2.16. The summed E-state index contributed by atoms with van der Waals surface area (Å²) >= 11 is 0. The first kappa shape index (κ1) is 8.05. The molecule has 15 heavy (non-hydrogen) atoms. The lowest BCUT2D eigenvalue weighted by Crippen LogP contribution is -1.89. The van der Waals surface area contributed by atoms with Crippen LogP contribution in [-0.4, -0.2) is 24.6 Å². The van der Waals surface area contributed by atoms with Gasteiger partial charge in [0, 0.05) is 24.0 Å². The zero-order valence-electron chi connectivity index (χ0n) is 7.78. The Balaban J connectivity index is 2.19. The molecular weight excluding hydrogens is 190 g/mol. The summed E-state index contributed by atoms with van der Waals surface area (Å²) in [5, 5.41) is 7.76. The predicted molar refractivity (Wildman–Crippen MR) is 54.0 cm³/mol. The number of hydrogen-bond donors (Lipinski definition) is 0. The first-order valence-electron chi connectivity index (χ1n) is 4.49. The highest BCUT2D eigenvalue weighted by Crippen LogP contribution is 2.15. The monoisotopic (exact) mass is 197 g/mol. The Bertz CT molecular complexity index is 587. The van der Waals surface area contributed by atoms with Crippen molar-refractivity contribution >= 4 is 5.65 Å². The Morgan fingerprint density at radius 1 is 1.07 bits per heavy atom. The van der Waals surface area contributed by atoms with Gasteiger partial charge in [0.1, 0.15) is 12.7 Å². The predicted octanol–water partition coefficient (Wildman–Crippen LogP) is 1.19. The lowest BCUT2D eigenvalue weighted by Gasteiger charge is -1.99. The van der Waals surface area contributed by atoms with Crippen molar-refractivity contribution in [3.05, 3.63) is 43.2 Å². The van der Waals surface area contributed by atoms with Crippen LogP contribution in [0.25, 0.3) is 16.9 Å². The highest BCUT2D eigenvalue weighted by atomic mass is 15.2. The van der Waals surface area contributed by atoms with Gasteiger partial charge in [0.05, 0.1) is 5.69 Å². The van der Waals surface area contributed by atoms with Gasteiger partial charge in [-0.25, -0.2) is 4.98 Å². The van der Waals surface area contributed by atoms with Crippen molar-refractivity contribution in [3.63, 3.8) is 0 Å². The van der Waals surface area contributed by atoms with Gasteiger partial charge in [-0.15, -0.1) is 10.2 Å². The maximum Gasteiger partial charge on any atom is 0.163 e. The summed E-state index contributed by atoms with van der Waals surface area (Å²) in [6, 6.07) is 5.72. The minimum absolute atomic E-state index is 0.789. The van der Waals surface area contributed by atoms with Crippen molar-refractivity contribution in [2.45, 2.75) is 0 Å². The van der Waals surface area contributed by atoms with Gasteiger partial charge in [-0.2, -0.15) is 0 Å². The number of nitrogens with zero attached hydrogens (tertiary/aromatic N) is 5. The van der Waals surface area contributed by atoms with E-state index in [4.69, 9.17) is 0 Å². The molecule has 3 rings (SSSR count). The standard InChI is InChI=1S/C10H7N5/c1-3-11-4-2-8(1)9-5-10-14-13-7-15(10)6-12-9/h1-7H. The number of fused-ring (bicyclic) bond motifs is 1. The molecular formula is C10H7N5. The summed E-state index contributed by atoms with van der Waals surface area (Å²) < 4.78 is 1.77. The first-order valence-corrected chi connectivity index (χ1v) is 4.49. The Morgan fingerprint density at radius 2 is 1.93 bits per heavy atom. The third kappa shape index (κ3) is 1.34. The normalized spacial score (nSPS) is 10.7. The minimum atomic E-state index is 0.789. The van der Waals surface area contributed by atoms with Crippen molar-refractivity contribution < 1.29 is 0 Å². The van der Waals surface area contributed by atoms with Crippen LogP contribution in [0, 0.1) is 0 Å². The highest BCUT2D eigenvalue weighted by molar-refractivity contribution is 5.62. The highest BCUT2D eigenvalue weighted by Gasteiger charge is 2.01. The molecule has 3 aromatic rings. The van der Waals surface area contributed by atoms with E-state index in [1.54, 1.807) is 29.4 Å². The topological polar surface area (TPSA) is 56.0 Å². The molecule has 0 spiro atoms. The van der Waals surface area contributed by atoms with E-state index in [1.807, 2.05) is 18.2 Å². The number of aromatic nitrogens is 5. The van der Waals surface area contributed by atoms with Gasteiger partial charge in [-0.05, 0) is 12.1 Å². The molecule has 5 nitrogen and oxygen atoms in total. The molecule has 0 radical (unpaired) electrons. The molecule has 3 aromatic heterocycles. The summed E-state index contributed by atoms with van der Waals surface area (Å²) in [7, 11) is 0. The summed E-state index contributed by atoms with van der Waals surface area (Å²) in [6.45, 7) is 0. The van der Waals surface area contributed by atoms with E-state index in [0.29, 0.717) is 0 Å². The van der Waals surface area contributed by atoms with Crippen LogP contribution < -0.4 is 0 Å². The fraction of sp³-hybridized carbons (Fsp3) is 0. The van der Waals surface area contributed by atoms with Crippen LogP contribution in [0.4, 0.5) is 0 Å². The van der Waals surface area contributed by atoms with E-state index < -0.39 is 0 Å². The van der Waals surface area contributed by atoms with E-state index in [2.05, 4.69) is 20.2 Å². The maximum atomic E-state index is 4.30. The SMILES string of the molecule is c1cc(-c2cc3nncn3cn2)ccn1. The van der Waals surface area contributed by atoms with Crippen LogP contribution in [0.1, 0.15) is 0 Å². The second kappa shape index (κ2) is 3.13. The summed E-state index contributed by atoms with van der Waals surface area (Å²) in [4.78, 5) is 8.27. The van der Waals surface area contributed by atoms with Gasteiger partial charge in [-0.1, -0.05) is 0 Å². The molecule has 0 unspecified atom stereocenters. The van der Waals surface area contributed by atoms with Crippen molar-refractivity contribution in [1.29, 1.82) is 0 Å². The lowest BCUT2D eigenvalue weighted by molar-refractivity contribution is 1.07. The van der Waals surface area contributed by atoms with Crippen molar-refractivity contribution in [3.8, 4) is 11.3 Å². The molecule has 0 aliphatic heterocycles. The quantitative estimate of drug-likeness (QED) is 0.588. The van der Waals surface area contributed by atoms with Crippen molar-refractivity contribution in [1.82, 2.24) is 24.6 Å². The van der Waals surface area contributed by atoms with Gasteiger partial charge in [0.2, 0.25) is 0 Å². The smallest absolute Gasteiger partial charge is 0.163 e. The fourth-order valence-electron chi connectivity index (χ4n) is 1.41. The average molecular weight is 197 g/mol. The van der Waals surface area contributed by atoms with Gasteiger partial charge < -0.3 is 0 Å². The van der Waals surface area contributed by atoms with E-state index >= 15 is 0 Å². The average Bonchev–Trinajstić information content (AvgIpc) is 2.77. The molecule has 0 saturated carbocycles. The van der Waals surface area contributed by atoms with Crippen LogP contribution in [0.2, 0.25) is 0 Å². The summed E-state index contributed by atoms with van der Waals surface area (Å²) in [6.07, 6.45) is 6.81. The summed E-state index contributed by atoms with van der Waals surface area (Å²) in [5.41, 5.74) is 2.69. The van der Waals surface area contributed by atoms with E-state index in [1.165, 1.54) is 0 Å². The summed E-state index contributed by atoms with van der Waals surface area (Å²) in [5.74, 6) is 0. The molecule has 0 saturated heterocycles. The lowest BCUT2D eigenvalue weighted by atomic mass is 10.2. The molecule has 5 heteroatoms. The second-order valence-electron chi connectivity index (χ2n) is 3.11. The molecule has 3 heterocycles. The molecule has 0 aliphatic rings. The van der Waals surface area contributed by atoms with E-state index in [9.17, 15) is 0 Å². The fourth-order valence-corrected chi connectivity index (χ4v) is 1.41. The maximum absolute atomic E-state index is 4.30. The molecule has 0 amide bonds. The Kier molecular flexibility index (Phi) is 1.68. The molecule has 0 aromatic carbocycles. The van der Waals surface area contributed by atoms with Crippen molar-refractivity contribution in [2.24, 2.45) is 0 Å². The van der Waals surface area contributed by atoms with Crippen LogP contribution in [-0.2, 0) is 0 Å². The zero-order chi connectivity index (χ0) is 10.1. The van der Waals surface area contributed by atoms with Crippen LogP contribution >= 0.6 is 0 Å². The van der Waals surface area contributed by atoms with Crippen LogP contribution in [0.5, 0.6) is 0 Å². The number of hydrogen-bond acceptors (Lipinski definition) is 4. The number of pyridine rings is 1. The Morgan fingerprint density at radius 3 is 2.80 bits per heavy atom. The van der Waals surface area contributed by atoms with Crippen LogP contribution in [0.3, 0.4) is 0 Å². The molecule has 0 bridgehead atoms. The Hall–Kier alpha value is -2.30. The first-order chi connectivity index (χ1) is 7.43. The van der Waals surface area contributed by atoms with E-state index in [-0.39, 0.29) is 0 Å². The molecule has 72 valence electrons. The second-order valence-corrected chi connectivity index (χ2v) is 3.11. The van der Waals surface area contributed by atoms with Gasteiger partial charge in [0.25, 0.3) is 0 Å².